The lowest BCUT2D eigenvalue weighted by Crippen LogP contribution is -2.47. The Labute approximate surface area is 305 Å². The van der Waals surface area contributed by atoms with Crippen molar-refractivity contribution in [3.8, 4) is 23.0 Å². The van der Waals surface area contributed by atoms with Crippen LogP contribution in [-0.2, 0) is 24.2 Å². The molecule has 2 aromatic carbocycles. The number of benzene rings is 2. The molecule has 4 aliphatic rings. The topological polar surface area (TPSA) is 204 Å². The highest BCUT2D eigenvalue weighted by Crippen LogP contribution is 2.42. The zero-order chi connectivity index (χ0) is 37.2. The number of hydrogen-bond donors (Lipinski definition) is 4. The maximum atomic E-state index is 13.6. The standard InChI is InChI=1S/C33H44N4O13S2/c1-18-10-24-30(51-50-49-40)34-22-14-28(26(45-3)12-20(22)32(38)36(24)16-18)47-8-6-5-7-9-48-29-15-23-21(13-27(29)46-4)33(39)37-17-19(44-2)11-25(37)31(35-23)52(41,42)43/h12-15,18-19,24-25,30-31,34-35,40H,5-11,16-17H2,1-4H3,(H,41,42,43)/t18?,19?,24-,25-,30-,31-/m0/s1. The van der Waals surface area contributed by atoms with Crippen molar-refractivity contribution in [2.45, 2.75) is 68.0 Å². The first-order chi connectivity index (χ1) is 25.0. The quantitative estimate of drug-likeness (QED) is 0.0668. The number of unbranched alkanes of at least 4 members (excludes halogenated alkanes) is 2. The van der Waals surface area contributed by atoms with Crippen LogP contribution < -0.4 is 29.6 Å². The molecule has 4 heterocycles. The fourth-order valence-corrected chi connectivity index (χ4v) is 8.97. The molecule has 6 rings (SSSR count). The van der Waals surface area contributed by atoms with Crippen molar-refractivity contribution in [2.24, 2.45) is 5.92 Å². The van der Waals surface area contributed by atoms with Gasteiger partial charge in [0.25, 0.3) is 21.9 Å². The summed E-state index contributed by atoms with van der Waals surface area (Å²) in [6.45, 7) is 3.49. The van der Waals surface area contributed by atoms with Crippen LogP contribution in [-0.4, -0.2) is 116 Å². The van der Waals surface area contributed by atoms with Gasteiger partial charge in [-0.05, 0) is 50.2 Å². The summed E-state index contributed by atoms with van der Waals surface area (Å²) in [4.78, 5) is 30.3. The first-order valence-corrected chi connectivity index (χ1v) is 19.3. The van der Waals surface area contributed by atoms with Gasteiger partial charge in [0.15, 0.2) is 28.4 Å². The van der Waals surface area contributed by atoms with Gasteiger partial charge in [-0.2, -0.15) is 8.42 Å². The van der Waals surface area contributed by atoms with E-state index >= 15 is 0 Å². The van der Waals surface area contributed by atoms with Crippen molar-refractivity contribution in [3.63, 3.8) is 0 Å². The van der Waals surface area contributed by atoms with E-state index in [0.717, 1.165) is 24.9 Å². The van der Waals surface area contributed by atoms with Crippen molar-refractivity contribution in [3.05, 3.63) is 35.4 Å². The molecule has 0 spiro atoms. The molecule has 0 bridgehead atoms. The Hall–Kier alpha value is -3.72. The second kappa shape index (κ2) is 16.1. The number of nitrogens with zero attached hydrogens (tertiary/aromatic N) is 2. The Morgan fingerprint density at radius 1 is 0.808 bits per heavy atom. The van der Waals surface area contributed by atoms with Crippen molar-refractivity contribution < 1.29 is 60.9 Å². The molecule has 0 aliphatic carbocycles. The number of carbonyl (C=O) groups is 2. The number of amides is 2. The van der Waals surface area contributed by atoms with Gasteiger partial charge in [0.05, 0.1) is 80.2 Å². The van der Waals surface area contributed by atoms with Gasteiger partial charge >= 0.3 is 0 Å². The van der Waals surface area contributed by atoms with Crippen LogP contribution >= 0.6 is 12.0 Å². The molecule has 0 saturated carbocycles. The SMILES string of the molecule is COc1cc2c(cc1OCCCCCOc1cc3c(cc1OC)C(=O)N1CC(C)C[C@H]1[C@H](SOOO)N3)N[C@@H](S(=O)(=O)O)[C@@H]1CC(OC)CN1C2=O. The van der Waals surface area contributed by atoms with Crippen LogP contribution in [0, 0.1) is 5.92 Å². The molecule has 2 fully saturated rings. The fourth-order valence-electron chi connectivity index (χ4n) is 7.35. The number of carbonyl (C=O) groups excluding carboxylic acids is 2. The van der Waals surface area contributed by atoms with Crippen LogP contribution in [0.3, 0.4) is 0 Å². The lowest BCUT2D eigenvalue weighted by molar-refractivity contribution is -0.432. The van der Waals surface area contributed by atoms with Crippen LogP contribution in [0.25, 0.3) is 0 Å². The average Bonchev–Trinajstić information content (AvgIpc) is 3.69. The molecular formula is C33H44N4O13S2. The molecule has 4 N–H and O–H groups in total. The molecule has 286 valence electrons. The number of hydrogen-bond acceptors (Lipinski definition) is 15. The van der Waals surface area contributed by atoms with Crippen molar-refractivity contribution in [1.82, 2.24) is 9.80 Å². The number of methoxy groups -OCH3 is 3. The minimum absolute atomic E-state index is 0.137. The smallest absolute Gasteiger partial charge is 0.288 e. The number of ether oxygens (including phenoxy) is 5. The minimum Gasteiger partial charge on any atom is -0.493 e. The summed E-state index contributed by atoms with van der Waals surface area (Å²) in [6, 6.07) is 5.40. The summed E-state index contributed by atoms with van der Waals surface area (Å²) in [5.41, 5.74) is 1.39. The van der Waals surface area contributed by atoms with Gasteiger partial charge in [0, 0.05) is 32.3 Å². The van der Waals surface area contributed by atoms with Gasteiger partial charge in [0.1, 0.15) is 5.37 Å². The third kappa shape index (κ3) is 7.80. The van der Waals surface area contributed by atoms with E-state index in [-0.39, 0.29) is 48.9 Å². The van der Waals surface area contributed by atoms with Gasteiger partial charge in [-0.15, -0.1) is 4.33 Å². The van der Waals surface area contributed by atoms with E-state index in [4.69, 9.17) is 33.3 Å². The van der Waals surface area contributed by atoms with Crippen LogP contribution in [0.15, 0.2) is 24.3 Å². The van der Waals surface area contributed by atoms with E-state index in [2.05, 4.69) is 22.6 Å². The summed E-state index contributed by atoms with van der Waals surface area (Å²) >= 11 is 0.885. The van der Waals surface area contributed by atoms with Crippen LogP contribution in [0.1, 0.15) is 59.7 Å². The third-order valence-corrected chi connectivity index (χ3v) is 11.7. The number of nitrogens with one attached hydrogen (secondary N) is 2. The average molecular weight is 769 g/mol. The van der Waals surface area contributed by atoms with Gasteiger partial charge in [-0.25, -0.2) is 5.26 Å². The first-order valence-electron chi connectivity index (χ1n) is 16.9. The Kier molecular flexibility index (Phi) is 11.8. The number of fused-ring (bicyclic) bond motifs is 4. The highest BCUT2D eigenvalue weighted by molar-refractivity contribution is 7.95. The molecule has 4 aliphatic heterocycles. The molecule has 2 saturated heterocycles. The second-order valence-corrected chi connectivity index (χ2v) is 15.6. The van der Waals surface area contributed by atoms with Crippen LogP contribution in [0.2, 0.25) is 0 Å². The highest BCUT2D eigenvalue weighted by Gasteiger charge is 2.48. The van der Waals surface area contributed by atoms with E-state index in [1.807, 2.05) is 0 Å². The van der Waals surface area contributed by atoms with Crippen LogP contribution in [0.5, 0.6) is 23.0 Å². The van der Waals surface area contributed by atoms with Gasteiger partial charge < -0.3 is 44.1 Å². The van der Waals surface area contributed by atoms with Crippen LogP contribution in [0.4, 0.5) is 11.4 Å². The Morgan fingerprint density at radius 3 is 1.92 bits per heavy atom. The Bertz CT molecular complexity index is 1750. The molecule has 52 heavy (non-hydrogen) atoms. The van der Waals surface area contributed by atoms with E-state index in [0.29, 0.717) is 66.2 Å². The molecule has 2 amide bonds. The summed E-state index contributed by atoms with van der Waals surface area (Å²) in [7, 11) is -0.145. The fraction of sp³-hybridized carbons (Fsp3) is 0.576. The zero-order valence-corrected chi connectivity index (χ0v) is 30.9. The molecule has 6 atom stereocenters. The van der Waals surface area contributed by atoms with E-state index in [9.17, 15) is 22.6 Å². The van der Waals surface area contributed by atoms with Gasteiger partial charge in [0.2, 0.25) is 0 Å². The Balaban J connectivity index is 1.06. The third-order valence-electron chi connectivity index (χ3n) is 9.87. The number of anilines is 2. The molecule has 19 heteroatoms. The monoisotopic (exact) mass is 768 g/mol. The van der Waals surface area contributed by atoms with Crippen molar-refractivity contribution in [2.75, 3.05) is 58.3 Å². The van der Waals surface area contributed by atoms with E-state index in [1.165, 1.54) is 38.4 Å². The highest BCUT2D eigenvalue weighted by atomic mass is 32.2. The molecular weight excluding hydrogens is 725 g/mol. The summed E-state index contributed by atoms with van der Waals surface area (Å²) < 4.78 is 68.3. The zero-order valence-electron chi connectivity index (χ0n) is 29.2. The van der Waals surface area contributed by atoms with Crippen molar-refractivity contribution in [1.29, 1.82) is 0 Å². The normalized spacial score (nSPS) is 25.2. The Morgan fingerprint density at radius 2 is 1.38 bits per heavy atom. The summed E-state index contributed by atoms with van der Waals surface area (Å²) in [6.07, 6.45) is 2.65. The molecule has 17 nitrogen and oxygen atoms in total. The molecule has 2 aromatic rings. The first kappa shape index (κ1) is 38.0. The largest absolute Gasteiger partial charge is 0.493 e. The maximum Gasteiger partial charge on any atom is 0.288 e. The lowest BCUT2D eigenvalue weighted by atomic mass is 10.1. The number of rotatable bonds is 15. The lowest BCUT2D eigenvalue weighted by Gasteiger charge is -2.27. The van der Waals surface area contributed by atoms with Gasteiger partial charge in [-0.1, -0.05) is 12.0 Å². The minimum atomic E-state index is -4.60. The second-order valence-electron chi connectivity index (χ2n) is 13.2. The molecule has 0 aromatic heterocycles. The molecule has 2 unspecified atom stereocenters. The predicted molar refractivity (Wildman–Crippen MR) is 188 cm³/mol. The summed E-state index contributed by atoms with van der Waals surface area (Å²) in [5, 5.41) is 16.9. The van der Waals surface area contributed by atoms with E-state index < -0.39 is 32.8 Å². The van der Waals surface area contributed by atoms with Gasteiger partial charge in [-0.3, -0.25) is 14.1 Å². The maximum absolute atomic E-state index is 13.6. The summed E-state index contributed by atoms with van der Waals surface area (Å²) in [5.74, 6) is 1.23. The molecule has 0 radical (unpaired) electrons. The predicted octanol–water partition coefficient (Wildman–Crippen LogP) is 3.87. The van der Waals surface area contributed by atoms with E-state index in [1.54, 1.807) is 17.0 Å². The van der Waals surface area contributed by atoms with Crippen molar-refractivity contribution >= 4 is 45.4 Å².